The van der Waals surface area contributed by atoms with Crippen molar-refractivity contribution < 1.29 is 9.59 Å². The standard InChI is InChI=1S/C19H16N2O2/c1-3-12-7-5-8-13(4-2)17(12)21-18(22)15-10-6-9-14(11-20)16(15)19(21)23/h5-10H,3-4H2,1-2H3. The summed E-state index contributed by atoms with van der Waals surface area (Å²) in [7, 11) is 0. The van der Waals surface area contributed by atoms with Crippen molar-refractivity contribution in [1.82, 2.24) is 0 Å². The molecule has 4 nitrogen and oxygen atoms in total. The molecule has 0 N–H and O–H groups in total. The number of amides is 2. The van der Waals surface area contributed by atoms with Crippen molar-refractivity contribution in [3.63, 3.8) is 0 Å². The van der Waals surface area contributed by atoms with Crippen molar-refractivity contribution in [2.75, 3.05) is 4.90 Å². The van der Waals surface area contributed by atoms with Crippen LogP contribution in [0.5, 0.6) is 0 Å². The molecule has 3 rings (SSSR count). The predicted molar refractivity (Wildman–Crippen MR) is 87.5 cm³/mol. The van der Waals surface area contributed by atoms with Gasteiger partial charge in [-0.05, 0) is 36.1 Å². The lowest BCUT2D eigenvalue weighted by Crippen LogP contribution is -2.31. The van der Waals surface area contributed by atoms with E-state index in [4.69, 9.17) is 0 Å². The summed E-state index contributed by atoms with van der Waals surface area (Å²) in [6, 6.07) is 12.6. The van der Waals surface area contributed by atoms with Crippen molar-refractivity contribution in [2.24, 2.45) is 0 Å². The Labute approximate surface area is 135 Å². The van der Waals surface area contributed by atoms with Crippen LogP contribution in [-0.4, -0.2) is 11.8 Å². The SMILES string of the molecule is CCc1cccc(CC)c1N1C(=O)c2cccc(C#N)c2C1=O. The minimum absolute atomic E-state index is 0.216. The van der Waals surface area contributed by atoms with Crippen molar-refractivity contribution in [3.8, 4) is 6.07 Å². The second-order valence-electron chi connectivity index (χ2n) is 5.42. The van der Waals surface area contributed by atoms with Crippen molar-refractivity contribution >= 4 is 17.5 Å². The van der Waals surface area contributed by atoms with Gasteiger partial charge in [0, 0.05) is 0 Å². The summed E-state index contributed by atoms with van der Waals surface area (Å²) in [5, 5.41) is 9.23. The Bertz CT molecular complexity index is 840. The number of hydrogen-bond acceptors (Lipinski definition) is 3. The molecule has 0 radical (unpaired) electrons. The summed E-state index contributed by atoms with van der Waals surface area (Å²) in [4.78, 5) is 26.9. The second kappa shape index (κ2) is 5.69. The van der Waals surface area contributed by atoms with Gasteiger partial charge in [0.2, 0.25) is 0 Å². The predicted octanol–water partition coefficient (Wildman–Crippen LogP) is 3.48. The van der Waals surface area contributed by atoms with Crippen LogP contribution in [0.15, 0.2) is 36.4 Å². The second-order valence-corrected chi connectivity index (χ2v) is 5.42. The van der Waals surface area contributed by atoms with Crippen molar-refractivity contribution in [2.45, 2.75) is 26.7 Å². The topological polar surface area (TPSA) is 61.2 Å². The number of anilines is 1. The van der Waals surface area contributed by atoms with Crippen LogP contribution in [0.4, 0.5) is 5.69 Å². The molecular formula is C19H16N2O2. The Hall–Kier alpha value is -2.93. The molecule has 0 spiro atoms. The van der Waals surface area contributed by atoms with Gasteiger partial charge in [0.15, 0.2) is 0 Å². The van der Waals surface area contributed by atoms with E-state index in [0.29, 0.717) is 11.3 Å². The Morgan fingerprint density at radius 3 is 2.13 bits per heavy atom. The summed E-state index contributed by atoms with van der Waals surface area (Å²) in [5.41, 5.74) is 3.35. The number of carbonyl (C=O) groups excluding carboxylic acids is 2. The number of nitrogens with zero attached hydrogens (tertiary/aromatic N) is 2. The molecule has 0 fully saturated rings. The van der Waals surface area contributed by atoms with Crippen molar-refractivity contribution in [3.05, 3.63) is 64.2 Å². The van der Waals surface area contributed by atoms with Crippen LogP contribution in [0, 0.1) is 11.3 Å². The molecule has 0 aromatic heterocycles. The Morgan fingerprint density at radius 2 is 1.57 bits per heavy atom. The number of imide groups is 1. The number of carbonyl (C=O) groups is 2. The fourth-order valence-corrected chi connectivity index (χ4v) is 3.08. The third-order valence-electron chi connectivity index (χ3n) is 4.22. The van der Waals surface area contributed by atoms with E-state index in [1.54, 1.807) is 18.2 Å². The summed E-state index contributed by atoms with van der Waals surface area (Å²) in [6.07, 6.45) is 1.45. The van der Waals surface area contributed by atoms with E-state index in [1.807, 2.05) is 38.1 Å². The van der Waals surface area contributed by atoms with E-state index in [1.165, 1.54) is 4.90 Å². The van der Waals surface area contributed by atoms with Crippen LogP contribution in [0.1, 0.15) is 51.3 Å². The number of nitriles is 1. The third kappa shape index (κ3) is 2.13. The Kier molecular flexibility index (Phi) is 3.71. The van der Waals surface area contributed by atoms with Crippen LogP contribution < -0.4 is 4.90 Å². The van der Waals surface area contributed by atoms with Gasteiger partial charge in [-0.15, -0.1) is 0 Å². The average molecular weight is 304 g/mol. The number of fused-ring (bicyclic) bond motifs is 1. The molecule has 23 heavy (non-hydrogen) atoms. The molecule has 1 heterocycles. The van der Waals surface area contributed by atoms with Gasteiger partial charge in [-0.2, -0.15) is 5.26 Å². The lowest BCUT2D eigenvalue weighted by Gasteiger charge is -2.21. The first-order valence-electron chi connectivity index (χ1n) is 7.66. The molecule has 0 aliphatic carbocycles. The lowest BCUT2D eigenvalue weighted by molar-refractivity contribution is 0.0925. The van der Waals surface area contributed by atoms with Gasteiger partial charge in [-0.1, -0.05) is 38.1 Å². The van der Waals surface area contributed by atoms with Gasteiger partial charge >= 0.3 is 0 Å². The molecule has 1 aliphatic rings. The number of benzene rings is 2. The number of aryl methyl sites for hydroxylation is 2. The zero-order chi connectivity index (χ0) is 16.6. The molecule has 2 aromatic rings. The summed E-state index contributed by atoms with van der Waals surface area (Å²) in [6.45, 7) is 3.99. The number of para-hydroxylation sites is 1. The molecule has 4 heteroatoms. The third-order valence-corrected chi connectivity index (χ3v) is 4.22. The highest BCUT2D eigenvalue weighted by molar-refractivity contribution is 6.35. The molecule has 2 aromatic carbocycles. The fraction of sp³-hybridized carbons (Fsp3) is 0.211. The van der Waals surface area contributed by atoms with Crippen LogP contribution in [-0.2, 0) is 12.8 Å². The van der Waals surface area contributed by atoms with Gasteiger partial charge < -0.3 is 0 Å². The Balaban J connectivity index is 2.24. The minimum atomic E-state index is -0.405. The maximum Gasteiger partial charge on any atom is 0.267 e. The first kappa shape index (κ1) is 15.0. The van der Waals surface area contributed by atoms with Gasteiger partial charge in [-0.25, -0.2) is 4.90 Å². The minimum Gasteiger partial charge on any atom is -0.268 e. The quantitative estimate of drug-likeness (QED) is 0.816. The fourth-order valence-electron chi connectivity index (χ4n) is 3.08. The van der Waals surface area contributed by atoms with Crippen LogP contribution in [0.2, 0.25) is 0 Å². The van der Waals surface area contributed by atoms with E-state index in [2.05, 4.69) is 0 Å². The highest BCUT2D eigenvalue weighted by atomic mass is 16.2. The molecule has 1 aliphatic heterocycles. The van der Waals surface area contributed by atoms with Gasteiger partial charge in [0.25, 0.3) is 11.8 Å². The zero-order valence-corrected chi connectivity index (χ0v) is 13.1. The van der Waals surface area contributed by atoms with E-state index in [0.717, 1.165) is 24.0 Å². The maximum absolute atomic E-state index is 12.9. The maximum atomic E-state index is 12.9. The molecule has 0 atom stereocenters. The lowest BCUT2D eigenvalue weighted by atomic mass is 10.0. The molecule has 0 saturated heterocycles. The highest BCUT2D eigenvalue weighted by Gasteiger charge is 2.40. The molecule has 0 saturated carbocycles. The Morgan fingerprint density at radius 1 is 0.957 bits per heavy atom. The van der Waals surface area contributed by atoms with E-state index in [-0.39, 0.29) is 17.0 Å². The smallest absolute Gasteiger partial charge is 0.267 e. The number of hydrogen-bond donors (Lipinski definition) is 0. The van der Waals surface area contributed by atoms with Crippen molar-refractivity contribution in [1.29, 1.82) is 5.26 Å². The number of rotatable bonds is 3. The van der Waals surface area contributed by atoms with Gasteiger partial charge in [0.1, 0.15) is 0 Å². The normalized spacial score (nSPS) is 13.2. The molecule has 0 bridgehead atoms. The first-order chi connectivity index (χ1) is 11.1. The molecule has 0 unspecified atom stereocenters. The van der Waals surface area contributed by atoms with E-state index >= 15 is 0 Å². The summed E-state index contributed by atoms with van der Waals surface area (Å²) < 4.78 is 0. The summed E-state index contributed by atoms with van der Waals surface area (Å²) >= 11 is 0. The van der Waals surface area contributed by atoms with Gasteiger partial charge in [-0.3, -0.25) is 9.59 Å². The summed E-state index contributed by atoms with van der Waals surface area (Å²) in [5.74, 6) is -0.754. The van der Waals surface area contributed by atoms with E-state index < -0.39 is 5.91 Å². The first-order valence-corrected chi connectivity index (χ1v) is 7.66. The molecule has 2 amide bonds. The zero-order valence-electron chi connectivity index (χ0n) is 13.1. The average Bonchev–Trinajstić information content (AvgIpc) is 2.85. The van der Waals surface area contributed by atoms with Crippen LogP contribution >= 0.6 is 0 Å². The highest BCUT2D eigenvalue weighted by Crippen LogP contribution is 2.35. The van der Waals surface area contributed by atoms with Gasteiger partial charge in [0.05, 0.1) is 28.4 Å². The molecular weight excluding hydrogens is 288 g/mol. The van der Waals surface area contributed by atoms with Crippen LogP contribution in [0.25, 0.3) is 0 Å². The largest absolute Gasteiger partial charge is 0.268 e. The molecule has 114 valence electrons. The van der Waals surface area contributed by atoms with Crippen LogP contribution in [0.3, 0.4) is 0 Å². The van der Waals surface area contributed by atoms with E-state index in [9.17, 15) is 14.9 Å². The monoisotopic (exact) mass is 304 g/mol.